The maximum Gasteiger partial charge on any atom is 0.248 e. The number of nitrogens with zero attached hydrogens (tertiary/aromatic N) is 3. The zero-order chi connectivity index (χ0) is 31.0. The smallest absolute Gasteiger partial charge is 0.248 e. The highest BCUT2D eigenvalue weighted by molar-refractivity contribution is 9.10. The van der Waals surface area contributed by atoms with Crippen molar-refractivity contribution < 1.29 is 28.5 Å². The first-order valence-corrected chi connectivity index (χ1v) is 15.2. The lowest BCUT2D eigenvalue weighted by Crippen LogP contribution is -2.42. The Labute approximate surface area is 262 Å². The number of fused-ring (bicyclic) bond motifs is 1. The highest BCUT2D eigenvalue weighted by Crippen LogP contribution is 2.33. The molecule has 0 aliphatic rings. The van der Waals surface area contributed by atoms with E-state index in [1.165, 1.54) is 12.4 Å². The monoisotopic (exact) mass is 659 g/mol. The van der Waals surface area contributed by atoms with Gasteiger partial charge in [-0.3, -0.25) is 9.69 Å². The van der Waals surface area contributed by atoms with Crippen LogP contribution in [0.1, 0.15) is 27.7 Å². The maximum absolute atomic E-state index is 13.0. The molecule has 0 spiro atoms. The highest BCUT2D eigenvalue weighted by Gasteiger charge is 2.19. The van der Waals surface area contributed by atoms with Gasteiger partial charge < -0.3 is 34.3 Å². The van der Waals surface area contributed by atoms with Gasteiger partial charge in [0.1, 0.15) is 17.9 Å². The fraction of sp³-hybridized carbons (Fsp3) is 0.452. The van der Waals surface area contributed by atoms with Crippen LogP contribution < -0.4 is 15.4 Å². The fourth-order valence-electron chi connectivity index (χ4n) is 4.33. The van der Waals surface area contributed by atoms with Crippen LogP contribution in [0.15, 0.2) is 59.4 Å². The van der Waals surface area contributed by atoms with Crippen LogP contribution in [0, 0.1) is 0 Å². The molecule has 0 saturated heterocycles. The summed E-state index contributed by atoms with van der Waals surface area (Å²) >= 11 is 3.49. The summed E-state index contributed by atoms with van der Waals surface area (Å²) in [5.74, 6) is 0.771. The highest BCUT2D eigenvalue weighted by atomic mass is 79.9. The molecule has 0 unspecified atom stereocenters. The number of methoxy groups -OCH3 is 1. The number of rotatable bonds is 19. The summed E-state index contributed by atoms with van der Waals surface area (Å²) in [4.78, 5) is 23.9. The van der Waals surface area contributed by atoms with Crippen molar-refractivity contribution in [1.82, 2.24) is 14.9 Å². The van der Waals surface area contributed by atoms with E-state index in [0.29, 0.717) is 68.8 Å². The molecule has 0 aliphatic heterocycles. The molecule has 2 aromatic carbocycles. The standard InChI is InChI=1S/C31H42BrN5O6/c1-6-40-29(41-7-2)19-37(20-30(42-8-3)43-9-4)15-11-14-28(38)36-26-17-24-25(18-27(26)39-5)33-21-34-31(24)35-23-13-10-12-22(32)16-23/h10-14,16-18,21,29-30H,6-9,15,19-20H2,1-5H3,(H,36,38)(H,33,34,35). The summed E-state index contributed by atoms with van der Waals surface area (Å²) in [6, 6.07) is 11.3. The Bertz CT molecular complexity index is 1300. The first-order valence-electron chi connectivity index (χ1n) is 14.4. The molecule has 0 saturated carbocycles. The molecular weight excluding hydrogens is 618 g/mol. The minimum Gasteiger partial charge on any atom is -0.494 e. The van der Waals surface area contributed by atoms with E-state index < -0.39 is 12.6 Å². The summed E-state index contributed by atoms with van der Waals surface area (Å²) in [5.41, 5.74) is 2.02. The molecule has 3 aromatic rings. The van der Waals surface area contributed by atoms with E-state index in [1.54, 1.807) is 25.3 Å². The number of nitrogens with one attached hydrogen (secondary N) is 2. The van der Waals surface area contributed by atoms with Gasteiger partial charge in [-0.2, -0.15) is 0 Å². The summed E-state index contributed by atoms with van der Waals surface area (Å²) in [7, 11) is 1.55. The summed E-state index contributed by atoms with van der Waals surface area (Å²) in [6.07, 6.45) is 3.94. The van der Waals surface area contributed by atoms with Crippen molar-refractivity contribution in [3.05, 3.63) is 59.4 Å². The predicted octanol–water partition coefficient (Wildman–Crippen LogP) is 5.74. The van der Waals surface area contributed by atoms with E-state index in [9.17, 15) is 4.79 Å². The normalized spacial score (nSPS) is 11.7. The molecule has 1 amide bonds. The van der Waals surface area contributed by atoms with Gasteiger partial charge in [0, 0.05) is 60.7 Å². The van der Waals surface area contributed by atoms with E-state index in [2.05, 4.69) is 41.4 Å². The Morgan fingerprint density at radius 3 is 2.19 bits per heavy atom. The Morgan fingerprint density at radius 2 is 1.60 bits per heavy atom. The molecule has 1 heterocycles. The average Bonchev–Trinajstić information content (AvgIpc) is 2.97. The molecule has 3 rings (SSSR count). The second kappa shape index (κ2) is 18.5. The molecule has 0 aliphatic carbocycles. The van der Waals surface area contributed by atoms with E-state index >= 15 is 0 Å². The molecule has 0 bridgehead atoms. The topological polar surface area (TPSA) is 116 Å². The van der Waals surface area contributed by atoms with Gasteiger partial charge in [-0.25, -0.2) is 9.97 Å². The Morgan fingerprint density at radius 1 is 0.953 bits per heavy atom. The Balaban J connectivity index is 1.77. The van der Waals surface area contributed by atoms with Crippen molar-refractivity contribution in [2.75, 3.05) is 63.8 Å². The number of anilines is 3. The van der Waals surface area contributed by atoms with Gasteiger partial charge in [-0.15, -0.1) is 0 Å². The van der Waals surface area contributed by atoms with E-state index in [1.807, 2.05) is 52.0 Å². The van der Waals surface area contributed by atoms with Crippen LogP contribution >= 0.6 is 15.9 Å². The van der Waals surface area contributed by atoms with Crippen molar-refractivity contribution in [2.24, 2.45) is 0 Å². The number of ether oxygens (including phenoxy) is 5. The molecular formula is C31H42BrN5O6. The second-order valence-corrected chi connectivity index (χ2v) is 10.1. The SMILES string of the molecule is CCOC(CN(CC=CC(=O)Nc1cc2c(Nc3cccc(Br)c3)ncnc2cc1OC)CC(OCC)OCC)OCC. The minimum absolute atomic E-state index is 0.312. The average molecular weight is 661 g/mol. The molecule has 12 heteroatoms. The molecule has 0 atom stereocenters. The molecule has 43 heavy (non-hydrogen) atoms. The van der Waals surface area contributed by atoms with Gasteiger partial charge in [0.15, 0.2) is 12.6 Å². The molecule has 11 nitrogen and oxygen atoms in total. The quantitative estimate of drug-likeness (QED) is 0.122. The number of amides is 1. The van der Waals surface area contributed by atoms with Crippen LogP contribution in [-0.4, -0.2) is 86.5 Å². The van der Waals surface area contributed by atoms with Crippen LogP contribution in [0.3, 0.4) is 0 Å². The van der Waals surface area contributed by atoms with Gasteiger partial charge in [0.2, 0.25) is 5.91 Å². The van der Waals surface area contributed by atoms with Crippen molar-refractivity contribution in [3.8, 4) is 5.75 Å². The number of benzene rings is 2. The number of halogens is 1. The number of carbonyl (C=O) groups is 1. The first-order chi connectivity index (χ1) is 20.9. The lowest BCUT2D eigenvalue weighted by atomic mass is 10.2. The zero-order valence-electron chi connectivity index (χ0n) is 25.5. The number of hydrogen-bond acceptors (Lipinski definition) is 10. The van der Waals surface area contributed by atoms with Crippen LogP contribution in [0.2, 0.25) is 0 Å². The maximum atomic E-state index is 13.0. The zero-order valence-corrected chi connectivity index (χ0v) is 27.1. The largest absolute Gasteiger partial charge is 0.494 e. The second-order valence-electron chi connectivity index (χ2n) is 9.22. The van der Waals surface area contributed by atoms with Crippen LogP contribution in [0.4, 0.5) is 17.2 Å². The number of aromatic nitrogens is 2. The van der Waals surface area contributed by atoms with Crippen LogP contribution in [0.5, 0.6) is 5.75 Å². The third kappa shape index (κ3) is 11.1. The predicted molar refractivity (Wildman–Crippen MR) is 172 cm³/mol. The fourth-order valence-corrected chi connectivity index (χ4v) is 4.73. The van der Waals surface area contributed by atoms with Gasteiger partial charge in [0.25, 0.3) is 0 Å². The van der Waals surface area contributed by atoms with Gasteiger partial charge in [-0.1, -0.05) is 28.1 Å². The van der Waals surface area contributed by atoms with E-state index in [-0.39, 0.29) is 5.91 Å². The van der Waals surface area contributed by atoms with Crippen LogP contribution in [0.25, 0.3) is 10.9 Å². The summed E-state index contributed by atoms with van der Waals surface area (Å²) < 4.78 is 29.5. The molecule has 2 N–H and O–H groups in total. The molecule has 1 aromatic heterocycles. The molecule has 234 valence electrons. The lowest BCUT2D eigenvalue weighted by Gasteiger charge is -2.29. The van der Waals surface area contributed by atoms with Crippen molar-refractivity contribution in [2.45, 2.75) is 40.3 Å². The lowest BCUT2D eigenvalue weighted by molar-refractivity contribution is -0.170. The summed E-state index contributed by atoms with van der Waals surface area (Å²) in [5, 5.41) is 6.98. The van der Waals surface area contributed by atoms with Gasteiger partial charge >= 0.3 is 0 Å². The first kappa shape index (κ1) is 34.4. The van der Waals surface area contributed by atoms with Crippen LogP contribution in [-0.2, 0) is 23.7 Å². The van der Waals surface area contributed by atoms with Gasteiger partial charge in [0.05, 0.1) is 31.4 Å². The Hall–Kier alpha value is -3.13. The molecule has 0 fully saturated rings. The van der Waals surface area contributed by atoms with E-state index in [4.69, 9.17) is 23.7 Å². The third-order valence-electron chi connectivity index (χ3n) is 6.16. The van der Waals surface area contributed by atoms with E-state index in [0.717, 1.165) is 15.5 Å². The third-order valence-corrected chi connectivity index (χ3v) is 6.65. The minimum atomic E-state index is -0.412. The van der Waals surface area contributed by atoms with Gasteiger partial charge in [-0.05, 0) is 52.0 Å². The number of carbonyl (C=O) groups excluding carboxylic acids is 1. The number of hydrogen-bond donors (Lipinski definition) is 2. The summed E-state index contributed by atoms with van der Waals surface area (Å²) in [6.45, 7) is 11.2. The Kier molecular flexibility index (Phi) is 14.8. The van der Waals surface area contributed by atoms with Crippen molar-refractivity contribution in [1.29, 1.82) is 0 Å². The molecule has 0 radical (unpaired) electrons. The van der Waals surface area contributed by atoms with Crippen molar-refractivity contribution in [3.63, 3.8) is 0 Å². The van der Waals surface area contributed by atoms with Crippen molar-refractivity contribution >= 4 is 49.9 Å².